The van der Waals surface area contributed by atoms with Crippen LogP contribution in [-0.4, -0.2) is 28.7 Å². The number of carbonyl (C=O) groups excluding carboxylic acids is 2. The molecule has 0 bridgehead atoms. The number of amides is 2. The van der Waals surface area contributed by atoms with Gasteiger partial charge in [0.1, 0.15) is 11.9 Å². The van der Waals surface area contributed by atoms with Crippen LogP contribution in [0.15, 0.2) is 48.5 Å². The van der Waals surface area contributed by atoms with E-state index in [1.54, 1.807) is 48.2 Å². The first-order valence-corrected chi connectivity index (χ1v) is 9.94. The first kappa shape index (κ1) is 20.4. The van der Waals surface area contributed by atoms with Crippen LogP contribution in [0.4, 0.5) is 11.5 Å². The summed E-state index contributed by atoms with van der Waals surface area (Å²) in [4.78, 5) is 25.1. The number of aromatic nitrogens is 2. The van der Waals surface area contributed by atoms with Crippen molar-refractivity contribution in [3.63, 3.8) is 0 Å². The summed E-state index contributed by atoms with van der Waals surface area (Å²) in [7, 11) is 1.58. The highest BCUT2D eigenvalue weighted by Crippen LogP contribution is 2.39. The zero-order valence-electron chi connectivity index (χ0n) is 16.0. The molecular weight excluding hydrogens is 427 g/mol. The van der Waals surface area contributed by atoms with E-state index in [4.69, 9.17) is 27.9 Å². The minimum Gasteiger partial charge on any atom is -0.378 e. The van der Waals surface area contributed by atoms with Crippen molar-refractivity contribution in [1.82, 2.24) is 9.78 Å². The minimum absolute atomic E-state index is 0.0599. The van der Waals surface area contributed by atoms with Crippen LogP contribution in [0.3, 0.4) is 0 Å². The molecule has 4 rings (SSSR count). The van der Waals surface area contributed by atoms with Gasteiger partial charge < -0.3 is 15.4 Å². The van der Waals surface area contributed by atoms with Gasteiger partial charge in [-0.1, -0.05) is 35.3 Å². The highest BCUT2D eigenvalue weighted by Gasteiger charge is 2.37. The molecule has 9 heteroatoms. The standard InChI is InChI=1S/C21H18Cl2N4O3/c1-30-11-16-19(12-2-4-13(22)5-3-12)20-25-21(29)17(27(20)26-16)10-18(28)24-15-8-6-14(23)7-9-15/h2-9,17H,10-11H2,1H3,(H,24,28)(H,25,29). The van der Waals surface area contributed by atoms with E-state index < -0.39 is 6.04 Å². The van der Waals surface area contributed by atoms with Crippen molar-refractivity contribution in [1.29, 1.82) is 0 Å². The minimum atomic E-state index is -0.760. The maximum Gasteiger partial charge on any atom is 0.251 e. The number of fused-ring (bicyclic) bond motifs is 1. The van der Waals surface area contributed by atoms with Gasteiger partial charge in [0.05, 0.1) is 18.7 Å². The molecule has 1 aliphatic rings. The van der Waals surface area contributed by atoms with Crippen LogP contribution in [-0.2, 0) is 20.9 Å². The molecule has 0 fully saturated rings. The lowest BCUT2D eigenvalue weighted by Crippen LogP contribution is -2.24. The van der Waals surface area contributed by atoms with Gasteiger partial charge in [-0.2, -0.15) is 5.10 Å². The molecule has 1 aliphatic heterocycles. The van der Waals surface area contributed by atoms with Crippen LogP contribution in [0.2, 0.25) is 10.0 Å². The molecular formula is C21H18Cl2N4O3. The summed E-state index contributed by atoms with van der Waals surface area (Å²) in [6, 6.07) is 13.2. The van der Waals surface area contributed by atoms with E-state index >= 15 is 0 Å². The van der Waals surface area contributed by atoms with Crippen molar-refractivity contribution < 1.29 is 14.3 Å². The zero-order valence-corrected chi connectivity index (χ0v) is 17.5. The van der Waals surface area contributed by atoms with Crippen molar-refractivity contribution in [2.24, 2.45) is 0 Å². The van der Waals surface area contributed by atoms with Crippen LogP contribution in [0.5, 0.6) is 0 Å². The molecule has 3 aromatic rings. The molecule has 1 aromatic heterocycles. The van der Waals surface area contributed by atoms with Gasteiger partial charge in [0.25, 0.3) is 5.91 Å². The predicted molar refractivity (Wildman–Crippen MR) is 116 cm³/mol. The van der Waals surface area contributed by atoms with E-state index in [0.717, 1.165) is 11.1 Å². The Morgan fingerprint density at radius 2 is 1.77 bits per heavy atom. The highest BCUT2D eigenvalue weighted by atomic mass is 35.5. The normalized spacial score (nSPS) is 15.0. The number of anilines is 2. The van der Waals surface area contributed by atoms with E-state index in [-0.39, 0.29) is 24.8 Å². The molecule has 2 aromatic carbocycles. The van der Waals surface area contributed by atoms with E-state index in [2.05, 4.69) is 15.7 Å². The number of ether oxygens (including phenoxy) is 1. The van der Waals surface area contributed by atoms with Crippen LogP contribution >= 0.6 is 23.2 Å². The fourth-order valence-corrected chi connectivity index (χ4v) is 3.65. The summed E-state index contributed by atoms with van der Waals surface area (Å²) in [5.41, 5.74) is 2.87. The number of methoxy groups -OCH3 is 1. The van der Waals surface area contributed by atoms with Crippen molar-refractivity contribution in [3.8, 4) is 11.1 Å². The molecule has 0 radical (unpaired) electrons. The van der Waals surface area contributed by atoms with E-state index in [0.29, 0.717) is 27.2 Å². The summed E-state index contributed by atoms with van der Waals surface area (Å²) in [6.45, 7) is 0.261. The SMILES string of the molecule is COCc1nn2c(c1-c1ccc(Cl)cc1)NC(=O)C2CC(=O)Nc1ccc(Cl)cc1. The molecule has 0 saturated heterocycles. The van der Waals surface area contributed by atoms with E-state index in [1.165, 1.54) is 0 Å². The lowest BCUT2D eigenvalue weighted by atomic mass is 10.1. The maximum absolute atomic E-state index is 12.6. The number of benzene rings is 2. The Kier molecular flexibility index (Phi) is 5.76. The molecule has 0 saturated carbocycles. The van der Waals surface area contributed by atoms with E-state index in [1.807, 2.05) is 12.1 Å². The Hall–Kier alpha value is -2.87. The Morgan fingerprint density at radius 3 is 2.40 bits per heavy atom. The average Bonchev–Trinajstić information content (AvgIpc) is 3.20. The van der Waals surface area contributed by atoms with Crippen LogP contribution in [0.1, 0.15) is 18.2 Å². The number of carbonyl (C=O) groups is 2. The number of nitrogens with zero attached hydrogens (tertiary/aromatic N) is 2. The van der Waals surface area contributed by atoms with Gasteiger partial charge in [-0.05, 0) is 42.0 Å². The van der Waals surface area contributed by atoms with Crippen molar-refractivity contribution >= 4 is 46.5 Å². The summed E-state index contributed by atoms with van der Waals surface area (Å²) in [5.74, 6) is -0.0521. The molecule has 1 atom stereocenters. The Balaban J connectivity index is 1.61. The fraction of sp³-hybridized carbons (Fsp3) is 0.190. The van der Waals surface area contributed by atoms with Crippen molar-refractivity contribution in [2.75, 3.05) is 17.7 Å². The third-order valence-corrected chi connectivity index (χ3v) is 5.25. The largest absolute Gasteiger partial charge is 0.378 e. The lowest BCUT2D eigenvalue weighted by molar-refractivity contribution is -0.123. The van der Waals surface area contributed by atoms with Gasteiger partial charge in [-0.25, -0.2) is 4.68 Å². The van der Waals surface area contributed by atoms with Crippen molar-refractivity contribution in [3.05, 3.63) is 64.3 Å². The highest BCUT2D eigenvalue weighted by molar-refractivity contribution is 6.31. The second kappa shape index (κ2) is 8.47. The first-order chi connectivity index (χ1) is 14.5. The van der Waals surface area contributed by atoms with E-state index in [9.17, 15) is 9.59 Å². The third kappa shape index (κ3) is 4.05. The quantitative estimate of drug-likeness (QED) is 0.584. The number of rotatable bonds is 6. The first-order valence-electron chi connectivity index (χ1n) is 9.19. The molecule has 1 unspecified atom stereocenters. The van der Waals surface area contributed by atoms with Gasteiger partial charge >= 0.3 is 0 Å². The molecule has 7 nitrogen and oxygen atoms in total. The second-order valence-electron chi connectivity index (χ2n) is 6.82. The molecule has 154 valence electrons. The van der Waals surface area contributed by atoms with Crippen LogP contribution in [0, 0.1) is 0 Å². The van der Waals surface area contributed by atoms with Gasteiger partial charge in [-0.3, -0.25) is 9.59 Å². The number of halogens is 2. The summed E-state index contributed by atoms with van der Waals surface area (Å²) in [5, 5.41) is 11.4. The van der Waals surface area contributed by atoms with Gasteiger partial charge in [0.2, 0.25) is 5.91 Å². The maximum atomic E-state index is 12.6. The fourth-order valence-electron chi connectivity index (χ4n) is 3.40. The molecule has 0 spiro atoms. The molecule has 2 heterocycles. The van der Waals surface area contributed by atoms with Gasteiger partial charge in [0.15, 0.2) is 0 Å². The number of hydrogen-bond donors (Lipinski definition) is 2. The third-order valence-electron chi connectivity index (χ3n) is 4.74. The summed E-state index contributed by atoms with van der Waals surface area (Å²) >= 11 is 11.9. The number of nitrogens with one attached hydrogen (secondary N) is 2. The molecule has 0 aliphatic carbocycles. The average molecular weight is 445 g/mol. The second-order valence-corrected chi connectivity index (χ2v) is 7.69. The predicted octanol–water partition coefficient (Wildman–Crippen LogP) is 4.53. The lowest BCUT2D eigenvalue weighted by Gasteiger charge is -2.10. The van der Waals surface area contributed by atoms with Gasteiger partial charge in [-0.15, -0.1) is 0 Å². The summed E-state index contributed by atoms with van der Waals surface area (Å²) in [6.07, 6.45) is -0.0599. The molecule has 2 amide bonds. The van der Waals surface area contributed by atoms with Crippen molar-refractivity contribution in [2.45, 2.75) is 19.1 Å². The Bertz CT molecular complexity index is 1090. The monoisotopic (exact) mass is 444 g/mol. The number of hydrogen-bond acceptors (Lipinski definition) is 4. The Morgan fingerprint density at radius 1 is 1.13 bits per heavy atom. The van der Waals surface area contributed by atoms with Crippen LogP contribution < -0.4 is 10.6 Å². The summed E-state index contributed by atoms with van der Waals surface area (Å²) < 4.78 is 6.84. The smallest absolute Gasteiger partial charge is 0.251 e. The molecule has 2 N–H and O–H groups in total. The van der Waals surface area contributed by atoms with Gasteiger partial charge in [0, 0.05) is 28.4 Å². The zero-order chi connectivity index (χ0) is 21.3. The Labute approximate surface area is 182 Å². The van der Waals surface area contributed by atoms with Crippen LogP contribution in [0.25, 0.3) is 11.1 Å². The molecule has 30 heavy (non-hydrogen) atoms. The topological polar surface area (TPSA) is 85.2 Å².